The summed E-state index contributed by atoms with van der Waals surface area (Å²) in [5, 5.41) is 3.39. The molecule has 1 aromatic rings. The molecule has 0 spiro atoms. The Labute approximate surface area is 92.1 Å². The van der Waals surface area contributed by atoms with Crippen LogP contribution in [-0.4, -0.2) is 17.1 Å². The Morgan fingerprint density at radius 3 is 2.60 bits per heavy atom. The normalized spacial score (nSPS) is 11.5. The highest BCUT2D eigenvalue weighted by atomic mass is 14.9. The van der Waals surface area contributed by atoms with Gasteiger partial charge in [0.1, 0.15) is 0 Å². The Morgan fingerprint density at radius 1 is 1.40 bits per heavy atom. The molecule has 3 nitrogen and oxygen atoms in total. The third-order valence-electron chi connectivity index (χ3n) is 3.06. The van der Waals surface area contributed by atoms with Gasteiger partial charge in [-0.25, -0.2) is 0 Å². The molecule has 0 aliphatic heterocycles. The molecule has 0 unspecified atom stereocenters. The summed E-state index contributed by atoms with van der Waals surface area (Å²) in [5.41, 5.74) is 8.40. The second kappa shape index (κ2) is 5.12. The summed E-state index contributed by atoms with van der Waals surface area (Å²) in [5.74, 6) is 0. The van der Waals surface area contributed by atoms with Crippen molar-refractivity contribution in [1.82, 2.24) is 4.98 Å². The lowest BCUT2D eigenvalue weighted by Gasteiger charge is -2.27. The predicted octanol–water partition coefficient (Wildman–Crippen LogP) is 2.32. The van der Waals surface area contributed by atoms with Gasteiger partial charge >= 0.3 is 0 Å². The molecule has 3 N–H and O–H groups in total. The summed E-state index contributed by atoms with van der Waals surface area (Å²) in [6.45, 7) is 7.12. The first kappa shape index (κ1) is 12.0. The van der Waals surface area contributed by atoms with E-state index in [1.807, 2.05) is 19.2 Å². The van der Waals surface area contributed by atoms with Gasteiger partial charge in [0.05, 0.1) is 0 Å². The van der Waals surface area contributed by atoms with Crippen molar-refractivity contribution in [1.29, 1.82) is 0 Å². The van der Waals surface area contributed by atoms with Crippen LogP contribution in [0.4, 0.5) is 5.69 Å². The number of aromatic nitrogens is 1. The van der Waals surface area contributed by atoms with Crippen LogP contribution in [0.15, 0.2) is 18.5 Å². The van der Waals surface area contributed by atoms with E-state index in [1.54, 1.807) is 6.20 Å². The Morgan fingerprint density at radius 2 is 2.07 bits per heavy atom. The molecule has 84 valence electrons. The largest absolute Gasteiger partial charge is 0.383 e. The quantitative estimate of drug-likeness (QED) is 0.779. The molecule has 0 saturated carbocycles. The van der Waals surface area contributed by atoms with Gasteiger partial charge in [0, 0.05) is 30.2 Å². The van der Waals surface area contributed by atoms with Gasteiger partial charge < -0.3 is 11.1 Å². The molecule has 15 heavy (non-hydrogen) atoms. The van der Waals surface area contributed by atoms with Gasteiger partial charge in [0.2, 0.25) is 0 Å². The van der Waals surface area contributed by atoms with Crippen molar-refractivity contribution in [3.8, 4) is 0 Å². The highest BCUT2D eigenvalue weighted by Crippen LogP contribution is 2.16. The maximum absolute atomic E-state index is 6.22. The maximum Gasteiger partial charge on any atom is 0.0401 e. The molecule has 0 radical (unpaired) electrons. The first-order valence-electron chi connectivity index (χ1n) is 5.54. The minimum Gasteiger partial charge on any atom is -0.383 e. The number of hydrogen-bond donors (Lipinski definition) is 2. The number of anilines is 1. The van der Waals surface area contributed by atoms with Gasteiger partial charge in [-0.2, -0.15) is 0 Å². The number of aryl methyl sites for hydroxylation is 1. The predicted molar refractivity (Wildman–Crippen MR) is 65.0 cm³/mol. The van der Waals surface area contributed by atoms with E-state index in [4.69, 9.17) is 5.73 Å². The summed E-state index contributed by atoms with van der Waals surface area (Å²) >= 11 is 0. The van der Waals surface area contributed by atoms with Crippen LogP contribution < -0.4 is 11.1 Å². The lowest BCUT2D eigenvalue weighted by Crippen LogP contribution is -2.45. The van der Waals surface area contributed by atoms with E-state index in [1.165, 1.54) is 0 Å². The van der Waals surface area contributed by atoms with Crippen LogP contribution in [0, 0.1) is 6.92 Å². The molecule has 1 heterocycles. The van der Waals surface area contributed by atoms with Gasteiger partial charge in [-0.1, -0.05) is 13.8 Å². The molecule has 1 rings (SSSR count). The molecular formula is C12H21N3. The monoisotopic (exact) mass is 207 g/mol. The van der Waals surface area contributed by atoms with Crippen LogP contribution >= 0.6 is 0 Å². The summed E-state index contributed by atoms with van der Waals surface area (Å²) in [6, 6.07) is 1.99. The number of rotatable bonds is 5. The molecule has 3 heteroatoms. The lowest BCUT2D eigenvalue weighted by molar-refractivity contribution is 0.418. The number of hydrogen-bond acceptors (Lipinski definition) is 3. The Bertz CT molecular complexity index is 305. The zero-order valence-corrected chi connectivity index (χ0v) is 9.88. The van der Waals surface area contributed by atoms with Crippen LogP contribution in [0.3, 0.4) is 0 Å². The highest BCUT2D eigenvalue weighted by molar-refractivity contribution is 5.48. The van der Waals surface area contributed by atoms with Crippen molar-refractivity contribution in [2.75, 3.05) is 11.9 Å². The standard InChI is InChI=1S/C12H21N3/c1-4-12(13,5-2)9-15-11-6-7-14-8-10(11)3/h6-8H,4-5,9,13H2,1-3H3,(H,14,15). The molecule has 0 atom stereocenters. The van der Waals surface area contributed by atoms with Crippen molar-refractivity contribution in [3.05, 3.63) is 24.0 Å². The Kier molecular flexibility index (Phi) is 4.09. The fraction of sp³-hybridized carbons (Fsp3) is 0.583. The van der Waals surface area contributed by atoms with Gasteiger partial charge in [-0.3, -0.25) is 4.98 Å². The number of pyridine rings is 1. The molecule has 1 aromatic heterocycles. The Balaban J connectivity index is 2.61. The summed E-state index contributed by atoms with van der Waals surface area (Å²) in [7, 11) is 0. The fourth-order valence-electron chi connectivity index (χ4n) is 1.44. The Hall–Kier alpha value is -1.09. The van der Waals surface area contributed by atoms with Crippen molar-refractivity contribution in [2.45, 2.75) is 39.2 Å². The fourth-order valence-corrected chi connectivity index (χ4v) is 1.44. The topological polar surface area (TPSA) is 50.9 Å². The van der Waals surface area contributed by atoms with Crippen LogP contribution in [0.5, 0.6) is 0 Å². The maximum atomic E-state index is 6.22. The second-order valence-electron chi connectivity index (χ2n) is 4.11. The van der Waals surface area contributed by atoms with E-state index in [0.29, 0.717) is 0 Å². The van der Waals surface area contributed by atoms with E-state index in [-0.39, 0.29) is 5.54 Å². The smallest absolute Gasteiger partial charge is 0.0401 e. The van der Waals surface area contributed by atoms with Gasteiger partial charge in [0.15, 0.2) is 0 Å². The third kappa shape index (κ3) is 3.20. The molecule has 0 aliphatic rings. The summed E-state index contributed by atoms with van der Waals surface area (Å²) in [4.78, 5) is 4.06. The average Bonchev–Trinajstić information content (AvgIpc) is 2.28. The van der Waals surface area contributed by atoms with Crippen molar-refractivity contribution in [3.63, 3.8) is 0 Å². The van der Waals surface area contributed by atoms with Crippen molar-refractivity contribution in [2.24, 2.45) is 5.73 Å². The van der Waals surface area contributed by atoms with Crippen LogP contribution in [0.2, 0.25) is 0 Å². The number of nitrogens with zero attached hydrogens (tertiary/aromatic N) is 1. The lowest BCUT2D eigenvalue weighted by atomic mass is 9.94. The van der Waals surface area contributed by atoms with Gasteiger partial charge in [0.25, 0.3) is 0 Å². The second-order valence-corrected chi connectivity index (χ2v) is 4.11. The molecule has 0 aromatic carbocycles. The van der Waals surface area contributed by atoms with Gasteiger partial charge in [-0.15, -0.1) is 0 Å². The summed E-state index contributed by atoms with van der Waals surface area (Å²) < 4.78 is 0. The zero-order valence-electron chi connectivity index (χ0n) is 9.88. The molecule has 0 saturated heterocycles. The first-order chi connectivity index (χ1) is 7.11. The minimum atomic E-state index is -0.101. The molecule has 0 aliphatic carbocycles. The number of nitrogens with one attached hydrogen (secondary N) is 1. The van der Waals surface area contributed by atoms with E-state index >= 15 is 0 Å². The molecule has 0 bridgehead atoms. The van der Waals surface area contributed by atoms with Crippen LogP contribution in [0.25, 0.3) is 0 Å². The van der Waals surface area contributed by atoms with E-state index in [0.717, 1.165) is 30.6 Å². The zero-order chi connectivity index (χ0) is 11.3. The van der Waals surface area contributed by atoms with E-state index < -0.39 is 0 Å². The van der Waals surface area contributed by atoms with E-state index in [9.17, 15) is 0 Å². The number of nitrogens with two attached hydrogens (primary N) is 1. The summed E-state index contributed by atoms with van der Waals surface area (Å²) in [6.07, 6.45) is 5.63. The molecular weight excluding hydrogens is 186 g/mol. The minimum absolute atomic E-state index is 0.101. The van der Waals surface area contributed by atoms with Crippen molar-refractivity contribution < 1.29 is 0 Å². The average molecular weight is 207 g/mol. The molecule has 0 amide bonds. The van der Waals surface area contributed by atoms with Crippen molar-refractivity contribution >= 4 is 5.69 Å². The SMILES string of the molecule is CCC(N)(CC)CNc1ccncc1C. The van der Waals surface area contributed by atoms with Gasteiger partial charge in [-0.05, 0) is 31.4 Å². The van der Waals surface area contributed by atoms with Crippen LogP contribution in [-0.2, 0) is 0 Å². The third-order valence-corrected chi connectivity index (χ3v) is 3.06. The van der Waals surface area contributed by atoms with E-state index in [2.05, 4.69) is 24.1 Å². The highest BCUT2D eigenvalue weighted by Gasteiger charge is 2.19. The molecule has 0 fully saturated rings. The van der Waals surface area contributed by atoms with Crippen LogP contribution in [0.1, 0.15) is 32.3 Å². The first-order valence-corrected chi connectivity index (χ1v) is 5.54.